The number of pyridine rings is 1. The van der Waals surface area contributed by atoms with Gasteiger partial charge in [-0.15, -0.1) is 0 Å². The van der Waals surface area contributed by atoms with E-state index in [1.54, 1.807) is 36.4 Å². The lowest BCUT2D eigenvalue weighted by atomic mass is 10.2. The van der Waals surface area contributed by atoms with E-state index in [9.17, 15) is 14.4 Å². The van der Waals surface area contributed by atoms with Crippen LogP contribution in [0.2, 0.25) is 0 Å². The molecule has 0 bridgehead atoms. The van der Waals surface area contributed by atoms with Gasteiger partial charge in [-0.25, -0.2) is 9.88 Å². The number of aromatic nitrogens is 2. The second-order valence-corrected chi connectivity index (χ2v) is 7.34. The second-order valence-electron chi connectivity index (χ2n) is 7.34. The van der Waals surface area contributed by atoms with Gasteiger partial charge >= 0.3 is 0 Å². The highest BCUT2D eigenvalue weighted by Gasteiger charge is 2.31. The van der Waals surface area contributed by atoms with Crippen LogP contribution in [0.3, 0.4) is 0 Å². The Labute approximate surface area is 174 Å². The predicted molar refractivity (Wildman–Crippen MR) is 114 cm³/mol. The molecule has 1 atom stereocenters. The highest BCUT2D eigenvalue weighted by molar-refractivity contribution is 6.19. The molecule has 0 aliphatic carbocycles. The van der Waals surface area contributed by atoms with Crippen molar-refractivity contribution in [3.8, 4) is 0 Å². The summed E-state index contributed by atoms with van der Waals surface area (Å²) in [6.07, 6.45) is 5.14. The van der Waals surface area contributed by atoms with Crippen LogP contribution in [0.5, 0.6) is 0 Å². The monoisotopic (exact) mass is 402 g/mol. The summed E-state index contributed by atoms with van der Waals surface area (Å²) in [5.74, 6) is -0.303. The first-order valence-electron chi connectivity index (χ1n) is 9.78. The molecule has 4 rings (SSSR count). The molecular weight excluding hydrogens is 380 g/mol. The largest absolute Gasteiger partial charge is 0.357 e. The number of carbonyl (C=O) groups excluding carboxylic acids is 3. The van der Waals surface area contributed by atoms with Crippen LogP contribution in [0, 0.1) is 0 Å². The molecule has 0 radical (unpaired) electrons. The number of benzene rings is 1. The molecule has 3 heterocycles. The summed E-state index contributed by atoms with van der Waals surface area (Å²) in [4.78, 5) is 46.5. The first-order chi connectivity index (χ1) is 14.4. The lowest BCUT2D eigenvalue weighted by molar-refractivity contribution is -0.126. The molecule has 1 aromatic carbocycles. The minimum atomic E-state index is -0.237. The van der Waals surface area contributed by atoms with Crippen LogP contribution in [-0.2, 0) is 14.4 Å². The smallest absolute Gasteiger partial charge is 0.246 e. The van der Waals surface area contributed by atoms with E-state index in [0.29, 0.717) is 11.4 Å². The van der Waals surface area contributed by atoms with Crippen molar-refractivity contribution in [2.45, 2.75) is 25.8 Å². The van der Waals surface area contributed by atoms with Crippen LogP contribution in [0.1, 0.15) is 37.1 Å². The maximum Gasteiger partial charge on any atom is 0.246 e. The summed E-state index contributed by atoms with van der Waals surface area (Å²) < 4.78 is 0. The Hall–Kier alpha value is -3.74. The molecule has 1 aliphatic rings. The van der Waals surface area contributed by atoms with Gasteiger partial charge in [-0.3, -0.25) is 14.4 Å². The fraction of sp³-hybridized carbons (Fsp3) is 0.217. The first-order valence-corrected chi connectivity index (χ1v) is 9.78. The quantitative estimate of drug-likeness (QED) is 0.523. The van der Waals surface area contributed by atoms with Gasteiger partial charge in [0.25, 0.3) is 0 Å². The Balaban J connectivity index is 1.43. The molecule has 3 aromatic rings. The summed E-state index contributed by atoms with van der Waals surface area (Å²) in [5, 5.41) is 1.11. The molecule has 1 aliphatic heterocycles. The summed E-state index contributed by atoms with van der Waals surface area (Å²) in [6.45, 7) is 1.97. The van der Waals surface area contributed by atoms with Crippen LogP contribution in [0.25, 0.3) is 17.0 Å². The summed E-state index contributed by atoms with van der Waals surface area (Å²) in [6, 6.07) is 13.3. The van der Waals surface area contributed by atoms with E-state index in [4.69, 9.17) is 0 Å². The van der Waals surface area contributed by atoms with Crippen molar-refractivity contribution in [3.63, 3.8) is 0 Å². The summed E-state index contributed by atoms with van der Waals surface area (Å²) in [7, 11) is 1.76. The number of rotatable bonds is 5. The average molecular weight is 402 g/mol. The van der Waals surface area contributed by atoms with Crippen molar-refractivity contribution in [3.05, 3.63) is 66.0 Å². The molecule has 7 nitrogen and oxygen atoms in total. The molecule has 1 unspecified atom stereocenters. The van der Waals surface area contributed by atoms with E-state index in [2.05, 4.69) is 16.0 Å². The fourth-order valence-corrected chi connectivity index (χ4v) is 3.47. The van der Waals surface area contributed by atoms with Crippen LogP contribution in [0.15, 0.2) is 54.7 Å². The Morgan fingerprint density at radius 2 is 1.90 bits per heavy atom. The van der Waals surface area contributed by atoms with Crippen LogP contribution >= 0.6 is 0 Å². The third-order valence-corrected chi connectivity index (χ3v) is 5.40. The summed E-state index contributed by atoms with van der Waals surface area (Å²) in [5.41, 5.74) is 2.71. The van der Waals surface area contributed by atoms with E-state index < -0.39 is 0 Å². The molecule has 3 amide bonds. The number of H-pyrrole nitrogens is 1. The van der Waals surface area contributed by atoms with Crippen molar-refractivity contribution in [2.24, 2.45) is 0 Å². The van der Waals surface area contributed by atoms with Crippen molar-refractivity contribution < 1.29 is 14.4 Å². The number of imide groups is 1. The summed E-state index contributed by atoms with van der Waals surface area (Å²) >= 11 is 0. The van der Waals surface area contributed by atoms with Gasteiger partial charge in [0, 0.05) is 43.4 Å². The first kappa shape index (κ1) is 19.6. The lowest BCUT2D eigenvalue weighted by Crippen LogP contribution is -2.29. The zero-order valence-electron chi connectivity index (χ0n) is 16.8. The van der Waals surface area contributed by atoms with Crippen LogP contribution in [-0.4, -0.2) is 39.6 Å². The van der Waals surface area contributed by atoms with Crippen molar-refractivity contribution in [1.29, 1.82) is 0 Å². The van der Waals surface area contributed by atoms with Gasteiger partial charge in [-0.1, -0.05) is 18.2 Å². The number of amides is 3. The topological polar surface area (TPSA) is 86.4 Å². The van der Waals surface area contributed by atoms with Crippen molar-refractivity contribution in [1.82, 2.24) is 14.9 Å². The minimum absolute atomic E-state index is 0.123. The van der Waals surface area contributed by atoms with Crippen LogP contribution < -0.4 is 4.90 Å². The number of anilines is 1. The van der Waals surface area contributed by atoms with E-state index >= 15 is 0 Å². The molecule has 1 saturated heterocycles. The molecule has 0 spiro atoms. The number of carbonyl (C=O) groups is 3. The SMILES string of the molecule is CC(c1cc2ccccc2[nH]1)N(C)C(=O)C=Cc1ccc(N2C(=O)CCC2=O)nc1. The van der Waals surface area contributed by atoms with E-state index in [1.807, 2.05) is 31.2 Å². The lowest BCUT2D eigenvalue weighted by Gasteiger charge is -2.22. The second kappa shape index (κ2) is 7.94. The van der Waals surface area contributed by atoms with E-state index in [-0.39, 0.29) is 36.6 Å². The molecule has 0 saturated carbocycles. The number of nitrogens with one attached hydrogen (secondary N) is 1. The van der Waals surface area contributed by atoms with Crippen molar-refractivity contribution >= 4 is 40.5 Å². The Kier molecular flexibility index (Phi) is 5.18. The van der Waals surface area contributed by atoms with Gasteiger partial charge in [0.15, 0.2) is 0 Å². The molecular formula is C23H22N4O3. The molecule has 2 aromatic heterocycles. The van der Waals surface area contributed by atoms with Gasteiger partial charge in [0.05, 0.1) is 6.04 Å². The van der Waals surface area contributed by atoms with Crippen molar-refractivity contribution in [2.75, 3.05) is 11.9 Å². The highest BCUT2D eigenvalue weighted by Crippen LogP contribution is 2.24. The van der Waals surface area contributed by atoms with Gasteiger partial charge in [0.1, 0.15) is 5.82 Å². The van der Waals surface area contributed by atoms with E-state index in [0.717, 1.165) is 21.5 Å². The zero-order valence-corrected chi connectivity index (χ0v) is 16.8. The maximum atomic E-state index is 12.6. The molecule has 1 fully saturated rings. The fourth-order valence-electron chi connectivity index (χ4n) is 3.47. The third-order valence-electron chi connectivity index (χ3n) is 5.40. The Morgan fingerprint density at radius 1 is 1.17 bits per heavy atom. The Bertz CT molecular complexity index is 1100. The molecule has 7 heteroatoms. The van der Waals surface area contributed by atoms with Gasteiger partial charge < -0.3 is 9.88 Å². The highest BCUT2D eigenvalue weighted by atomic mass is 16.2. The van der Waals surface area contributed by atoms with E-state index in [1.165, 1.54) is 6.08 Å². The number of hydrogen-bond donors (Lipinski definition) is 1. The zero-order chi connectivity index (χ0) is 21.3. The standard InChI is InChI=1S/C23H22N4O3/c1-15(19-13-17-5-3-4-6-18(17)25-19)26(2)21(28)10-8-16-7-9-20(24-14-16)27-22(29)11-12-23(27)30/h3-10,13-15,25H,11-12H2,1-2H3. The van der Waals surface area contributed by atoms with Gasteiger partial charge in [0.2, 0.25) is 17.7 Å². The molecule has 152 valence electrons. The minimum Gasteiger partial charge on any atom is -0.357 e. The Morgan fingerprint density at radius 3 is 2.57 bits per heavy atom. The number of nitrogens with zero attached hydrogens (tertiary/aromatic N) is 3. The van der Waals surface area contributed by atoms with Gasteiger partial charge in [-0.05, 0) is 48.2 Å². The normalized spacial score (nSPS) is 15.3. The van der Waals surface area contributed by atoms with Crippen LogP contribution in [0.4, 0.5) is 5.82 Å². The van der Waals surface area contributed by atoms with Gasteiger partial charge in [-0.2, -0.15) is 0 Å². The number of fused-ring (bicyclic) bond motifs is 1. The number of hydrogen-bond acceptors (Lipinski definition) is 4. The third kappa shape index (κ3) is 3.74. The number of para-hydroxylation sites is 1. The molecule has 1 N–H and O–H groups in total. The molecule has 30 heavy (non-hydrogen) atoms. The maximum absolute atomic E-state index is 12.6. The average Bonchev–Trinajstić information content (AvgIpc) is 3.34. The predicted octanol–water partition coefficient (Wildman–Crippen LogP) is 3.45. The number of likely N-dealkylation sites (N-methyl/N-ethyl adjacent to an activating group) is 1. The number of aromatic amines is 1.